The van der Waals surface area contributed by atoms with Crippen LogP contribution in [0, 0.1) is 0 Å². The van der Waals surface area contributed by atoms with E-state index in [0.717, 1.165) is 5.75 Å². The van der Waals surface area contributed by atoms with Crippen molar-refractivity contribution in [3.63, 3.8) is 0 Å². The summed E-state index contributed by atoms with van der Waals surface area (Å²) in [5, 5.41) is 5.30. The van der Waals surface area contributed by atoms with Crippen LogP contribution >= 0.6 is 0 Å². The molecule has 2 unspecified atom stereocenters. The summed E-state index contributed by atoms with van der Waals surface area (Å²) in [5.41, 5.74) is 0.622. The molecular weight excluding hydrogens is 348 g/mol. The van der Waals surface area contributed by atoms with Gasteiger partial charge in [0.1, 0.15) is 11.9 Å². The third-order valence-corrected chi connectivity index (χ3v) is 3.97. The number of rotatable bonds is 6. The minimum absolute atomic E-state index is 0.166. The van der Waals surface area contributed by atoms with Gasteiger partial charge in [-0.3, -0.25) is 9.59 Å². The second-order valence-corrected chi connectivity index (χ2v) is 6.03. The van der Waals surface area contributed by atoms with E-state index in [0.29, 0.717) is 23.8 Å². The summed E-state index contributed by atoms with van der Waals surface area (Å²) in [4.78, 5) is 24.4. The zero-order valence-corrected chi connectivity index (χ0v) is 15.2. The summed E-state index contributed by atoms with van der Waals surface area (Å²) in [7, 11) is 0. The zero-order chi connectivity index (χ0) is 19.2. The number of amides is 2. The van der Waals surface area contributed by atoms with Crippen molar-refractivity contribution in [2.75, 3.05) is 18.5 Å². The highest BCUT2D eigenvalue weighted by atomic mass is 16.6. The first-order valence-electron chi connectivity index (χ1n) is 8.79. The number of hydrogen-bond acceptors (Lipinski definition) is 5. The monoisotopic (exact) mass is 370 g/mol. The van der Waals surface area contributed by atoms with E-state index < -0.39 is 18.1 Å². The summed E-state index contributed by atoms with van der Waals surface area (Å²) in [6.45, 7) is 4.06. The van der Waals surface area contributed by atoms with Gasteiger partial charge in [-0.05, 0) is 50.2 Å². The SMILES string of the molecule is CCOc1ccc(NC(=O)CNC(=O)C2Oc3ccccc3OC2C)cc1. The highest BCUT2D eigenvalue weighted by Crippen LogP contribution is 2.33. The van der Waals surface area contributed by atoms with E-state index in [1.807, 2.05) is 13.0 Å². The Morgan fingerprint density at radius 2 is 1.70 bits per heavy atom. The minimum atomic E-state index is -0.821. The molecule has 2 amide bonds. The lowest BCUT2D eigenvalue weighted by molar-refractivity contribution is -0.134. The average Bonchev–Trinajstić information content (AvgIpc) is 2.67. The van der Waals surface area contributed by atoms with Gasteiger partial charge >= 0.3 is 0 Å². The third-order valence-electron chi connectivity index (χ3n) is 3.97. The Morgan fingerprint density at radius 3 is 2.37 bits per heavy atom. The molecule has 27 heavy (non-hydrogen) atoms. The number of benzene rings is 2. The summed E-state index contributed by atoms with van der Waals surface area (Å²) in [6.07, 6.45) is -1.28. The van der Waals surface area contributed by atoms with Gasteiger partial charge in [-0.15, -0.1) is 0 Å². The van der Waals surface area contributed by atoms with Crippen LogP contribution in [-0.4, -0.2) is 37.2 Å². The lowest BCUT2D eigenvalue weighted by Gasteiger charge is -2.30. The molecule has 142 valence electrons. The minimum Gasteiger partial charge on any atom is -0.494 e. The second-order valence-electron chi connectivity index (χ2n) is 6.03. The molecule has 3 rings (SSSR count). The van der Waals surface area contributed by atoms with E-state index in [4.69, 9.17) is 14.2 Å². The predicted octanol–water partition coefficient (Wildman–Crippen LogP) is 2.37. The maximum atomic E-state index is 12.4. The first-order valence-corrected chi connectivity index (χ1v) is 8.79. The van der Waals surface area contributed by atoms with Crippen LogP contribution in [0.2, 0.25) is 0 Å². The number of ether oxygens (including phenoxy) is 3. The molecule has 2 aromatic carbocycles. The van der Waals surface area contributed by atoms with Crippen molar-refractivity contribution < 1.29 is 23.8 Å². The van der Waals surface area contributed by atoms with Gasteiger partial charge in [0, 0.05) is 5.69 Å². The van der Waals surface area contributed by atoms with E-state index in [1.54, 1.807) is 49.4 Å². The van der Waals surface area contributed by atoms with Gasteiger partial charge in [-0.2, -0.15) is 0 Å². The van der Waals surface area contributed by atoms with Gasteiger partial charge in [0.25, 0.3) is 5.91 Å². The molecule has 2 N–H and O–H groups in total. The number of para-hydroxylation sites is 2. The fraction of sp³-hybridized carbons (Fsp3) is 0.300. The number of hydrogen-bond donors (Lipinski definition) is 2. The van der Waals surface area contributed by atoms with E-state index in [2.05, 4.69) is 10.6 Å². The Bertz CT molecular complexity index is 806. The first-order chi connectivity index (χ1) is 13.1. The summed E-state index contributed by atoms with van der Waals surface area (Å²) in [5.74, 6) is 1.10. The molecule has 1 aliphatic rings. The molecule has 0 aliphatic carbocycles. The molecule has 7 heteroatoms. The van der Waals surface area contributed by atoms with Gasteiger partial charge < -0.3 is 24.8 Å². The van der Waals surface area contributed by atoms with Gasteiger partial charge in [-0.25, -0.2) is 0 Å². The maximum absolute atomic E-state index is 12.4. The summed E-state index contributed by atoms with van der Waals surface area (Å²) >= 11 is 0. The first kappa shape index (κ1) is 18.6. The standard InChI is InChI=1S/C20H22N2O5/c1-3-25-15-10-8-14(9-11-15)22-18(23)12-21-20(24)19-13(2)26-16-6-4-5-7-17(16)27-19/h4-11,13,19H,3,12H2,1-2H3,(H,21,24)(H,22,23). The Hall–Kier alpha value is -3.22. The van der Waals surface area contributed by atoms with Crippen LogP contribution in [0.3, 0.4) is 0 Å². The molecule has 1 aliphatic heterocycles. The van der Waals surface area contributed by atoms with Crippen molar-refractivity contribution in [2.24, 2.45) is 0 Å². The number of carbonyl (C=O) groups is 2. The molecule has 0 aromatic heterocycles. The van der Waals surface area contributed by atoms with Gasteiger partial charge in [-0.1, -0.05) is 12.1 Å². The largest absolute Gasteiger partial charge is 0.494 e. The highest BCUT2D eigenvalue weighted by Gasteiger charge is 2.34. The zero-order valence-electron chi connectivity index (χ0n) is 15.2. The summed E-state index contributed by atoms with van der Waals surface area (Å²) in [6, 6.07) is 14.2. The molecular formula is C20H22N2O5. The van der Waals surface area contributed by atoms with Gasteiger partial charge in [0.2, 0.25) is 12.0 Å². The van der Waals surface area contributed by atoms with Gasteiger partial charge in [0.05, 0.1) is 13.2 Å². The van der Waals surface area contributed by atoms with Crippen molar-refractivity contribution in [1.82, 2.24) is 5.32 Å². The topological polar surface area (TPSA) is 85.9 Å². The lowest BCUT2D eigenvalue weighted by atomic mass is 10.1. The Kier molecular flexibility index (Phi) is 5.80. The maximum Gasteiger partial charge on any atom is 0.265 e. The Balaban J connectivity index is 1.50. The second kappa shape index (κ2) is 8.44. The van der Waals surface area contributed by atoms with Gasteiger partial charge in [0.15, 0.2) is 11.5 Å². The quantitative estimate of drug-likeness (QED) is 0.815. The molecule has 1 heterocycles. The smallest absolute Gasteiger partial charge is 0.265 e. The molecule has 0 bridgehead atoms. The molecule has 2 aromatic rings. The Labute approximate surface area is 157 Å². The van der Waals surface area contributed by atoms with Crippen molar-refractivity contribution in [3.8, 4) is 17.2 Å². The number of fused-ring (bicyclic) bond motifs is 1. The highest BCUT2D eigenvalue weighted by molar-refractivity contribution is 5.95. The van der Waals surface area contributed by atoms with Crippen LogP contribution in [0.5, 0.6) is 17.2 Å². The molecule has 7 nitrogen and oxygen atoms in total. The molecule has 0 radical (unpaired) electrons. The number of carbonyl (C=O) groups excluding carboxylic acids is 2. The van der Waals surface area contributed by atoms with Crippen LogP contribution in [0.15, 0.2) is 48.5 Å². The Morgan fingerprint density at radius 1 is 1.04 bits per heavy atom. The predicted molar refractivity (Wildman–Crippen MR) is 100 cm³/mol. The van der Waals surface area contributed by atoms with Crippen LogP contribution < -0.4 is 24.8 Å². The van der Waals surface area contributed by atoms with Crippen molar-refractivity contribution in [2.45, 2.75) is 26.1 Å². The van der Waals surface area contributed by atoms with Crippen molar-refractivity contribution in [3.05, 3.63) is 48.5 Å². The van der Waals surface area contributed by atoms with E-state index in [-0.39, 0.29) is 12.5 Å². The fourth-order valence-electron chi connectivity index (χ4n) is 2.68. The molecule has 0 fully saturated rings. The molecule has 2 atom stereocenters. The van der Waals surface area contributed by atoms with Crippen LogP contribution in [0.25, 0.3) is 0 Å². The van der Waals surface area contributed by atoms with Crippen LogP contribution in [0.4, 0.5) is 5.69 Å². The number of anilines is 1. The third kappa shape index (κ3) is 4.69. The average molecular weight is 370 g/mol. The van der Waals surface area contributed by atoms with E-state index in [9.17, 15) is 9.59 Å². The van der Waals surface area contributed by atoms with E-state index in [1.165, 1.54) is 0 Å². The normalized spacial score (nSPS) is 17.7. The number of nitrogens with one attached hydrogen (secondary N) is 2. The fourth-order valence-corrected chi connectivity index (χ4v) is 2.68. The van der Waals surface area contributed by atoms with E-state index >= 15 is 0 Å². The van der Waals surface area contributed by atoms with Crippen LogP contribution in [-0.2, 0) is 9.59 Å². The van der Waals surface area contributed by atoms with Crippen LogP contribution in [0.1, 0.15) is 13.8 Å². The van der Waals surface area contributed by atoms with Crippen molar-refractivity contribution in [1.29, 1.82) is 0 Å². The lowest BCUT2D eigenvalue weighted by Crippen LogP contribution is -2.50. The molecule has 0 spiro atoms. The molecule has 0 saturated heterocycles. The molecule has 0 saturated carbocycles. The van der Waals surface area contributed by atoms with Crippen molar-refractivity contribution >= 4 is 17.5 Å². The summed E-state index contributed by atoms with van der Waals surface area (Å²) < 4.78 is 16.8.